The van der Waals surface area contributed by atoms with Crippen molar-refractivity contribution in [2.45, 2.75) is 19.9 Å². The second kappa shape index (κ2) is 5.88. The number of aromatic nitrogens is 2. The van der Waals surface area contributed by atoms with Crippen LogP contribution >= 0.6 is 11.6 Å². The van der Waals surface area contributed by atoms with E-state index in [4.69, 9.17) is 16.7 Å². The van der Waals surface area contributed by atoms with Gasteiger partial charge in [-0.3, -0.25) is 0 Å². The molecule has 104 valence electrons. The van der Waals surface area contributed by atoms with E-state index in [2.05, 4.69) is 15.3 Å². The second-order valence-electron chi connectivity index (χ2n) is 4.57. The average molecular weight is 292 g/mol. The van der Waals surface area contributed by atoms with E-state index < -0.39 is 5.97 Å². The lowest BCUT2D eigenvalue weighted by atomic mass is 10.2. The smallest absolute Gasteiger partial charge is 0.341 e. The Morgan fingerprint density at radius 3 is 2.50 bits per heavy atom. The molecule has 0 saturated heterocycles. The summed E-state index contributed by atoms with van der Waals surface area (Å²) in [6.07, 6.45) is 1.31. The van der Waals surface area contributed by atoms with Crippen LogP contribution in [0.3, 0.4) is 0 Å². The molecule has 2 aromatic rings. The molecule has 20 heavy (non-hydrogen) atoms. The lowest BCUT2D eigenvalue weighted by Crippen LogP contribution is -2.16. The monoisotopic (exact) mass is 291 g/mol. The number of hydrogen-bond acceptors (Lipinski definition) is 4. The third-order valence-electron chi connectivity index (χ3n) is 2.55. The molecular weight excluding hydrogens is 278 g/mol. The lowest BCUT2D eigenvalue weighted by Gasteiger charge is -2.12. The highest BCUT2D eigenvalue weighted by Crippen LogP contribution is 2.21. The van der Waals surface area contributed by atoms with Crippen molar-refractivity contribution in [2.75, 3.05) is 5.32 Å². The summed E-state index contributed by atoms with van der Waals surface area (Å²) in [4.78, 5) is 19.5. The fraction of sp³-hybridized carbons (Fsp3) is 0.214. The number of rotatable bonds is 4. The molecule has 0 spiro atoms. The Hall–Kier alpha value is -2.14. The highest BCUT2D eigenvalue weighted by atomic mass is 35.5. The third-order valence-corrected chi connectivity index (χ3v) is 2.80. The Labute approximate surface area is 121 Å². The maximum absolute atomic E-state index is 11.2. The van der Waals surface area contributed by atoms with E-state index in [9.17, 15) is 4.79 Å². The quantitative estimate of drug-likeness (QED) is 0.904. The summed E-state index contributed by atoms with van der Waals surface area (Å²) >= 11 is 5.84. The third kappa shape index (κ3) is 3.24. The van der Waals surface area contributed by atoms with Crippen LogP contribution in [0.1, 0.15) is 24.2 Å². The van der Waals surface area contributed by atoms with Crippen molar-refractivity contribution in [3.8, 4) is 11.4 Å². The minimum absolute atomic E-state index is 0.0522. The SMILES string of the molecule is CC(C)Nc1nc(-c2ccc(Cl)cc2)ncc1C(=O)O. The lowest BCUT2D eigenvalue weighted by molar-refractivity contribution is 0.0697. The molecule has 2 N–H and O–H groups in total. The van der Waals surface area contributed by atoms with Crippen molar-refractivity contribution in [3.63, 3.8) is 0 Å². The fourth-order valence-corrected chi connectivity index (χ4v) is 1.79. The van der Waals surface area contributed by atoms with Gasteiger partial charge in [-0.2, -0.15) is 0 Å². The van der Waals surface area contributed by atoms with Crippen LogP contribution in [0.15, 0.2) is 30.5 Å². The van der Waals surface area contributed by atoms with E-state index in [1.54, 1.807) is 24.3 Å². The number of anilines is 1. The van der Waals surface area contributed by atoms with Crippen LogP contribution in [0.25, 0.3) is 11.4 Å². The van der Waals surface area contributed by atoms with Gasteiger partial charge in [0.2, 0.25) is 0 Å². The first kappa shape index (κ1) is 14.3. The Bertz CT molecular complexity index is 627. The van der Waals surface area contributed by atoms with Crippen molar-refractivity contribution in [1.29, 1.82) is 0 Å². The van der Waals surface area contributed by atoms with Gasteiger partial charge < -0.3 is 10.4 Å². The molecule has 0 unspecified atom stereocenters. The fourth-order valence-electron chi connectivity index (χ4n) is 1.66. The molecule has 1 aromatic carbocycles. The van der Waals surface area contributed by atoms with Gasteiger partial charge >= 0.3 is 5.97 Å². The van der Waals surface area contributed by atoms with E-state index in [-0.39, 0.29) is 11.6 Å². The molecule has 1 aromatic heterocycles. The van der Waals surface area contributed by atoms with Gasteiger partial charge in [-0.15, -0.1) is 0 Å². The molecule has 5 nitrogen and oxygen atoms in total. The van der Waals surface area contributed by atoms with Crippen molar-refractivity contribution in [1.82, 2.24) is 9.97 Å². The maximum atomic E-state index is 11.2. The van der Waals surface area contributed by atoms with Crippen molar-refractivity contribution >= 4 is 23.4 Å². The van der Waals surface area contributed by atoms with Crippen LogP contribution in [-0.4, -0.2) is 27.1 Å². The summed E-state index contributed by atoms with van der Waals surface area (Å²) in [6.45, 7) is 3.82. The Morgan fingerprint density at radius 2 is 1.95 bits per heavy atom. The first-order valence-corrected chi connectivity index (χ1v) is 6.48. The molecule has 0 saturated carbocycles. The van der Waals surface area contributed by atoms with E-state index in [1.165, 1.54) is 6.20 Å². The number of hydrogen-bond donors (Lipinski definition) is 2. The summed E-state index contributed by atoms with van der Waals surface area (Å²) in [5, 5.41) is 12.8. The number of aromatic carboxylic acids is 1. The number of nitrogens with zero attached hydrogens (tertiary/aromatic N) is 2. The van der Waals surface area contributed by atoms with Crippen LogP contribution in [0.4, 0.5) is 5.82 Å². The normalized spacial score (nSPS) is 10.6. The summed E-state index contributed by atoms with van der Waals surface area (Å²) in [7, 11) is 0. The van der Waals surface area contributed by atoms with Crippen LogP contribution < -0.4 is 5.32 Å². The van der Waals surface area contributed by atoms with Gasteiger partial charge in [0, 0.05) is 22.8 Å². The molecule has 0 aliphatic carbocycles. The van der Waals surface area contributed by atoms with Gasteiger partial charge in [0.1, 0.15) is 11.4 Å². The van der Waals surface area contributed by atoms with Gasteiger partial charge in [-0.25, -0.2) is 14.8 Å². The zero-order valence-electron chi connectivity index (χ0n) is 11.1. The first-order valence-electron chi connectivity index (χ1n) is 6.10. The molecule has 0 aliphatic heterocycles. The van der Waals surface area contributed by atoms with Crippen molar-refractivity contribution in [2.24, 2.45) is 0 Å². The minimum Gasteiger partial charge on any atom is -0.477 e. The van der Waals surface area contributed by atoms with Gasteiger partial charge in [0.15, 0.2) is 5.82 Å². The van der Waals surface area contributed by atoms with E-state index in [1.807, 2.05) is 13.8 Å². The highest BCUT2D eigenvalue weighted by Gasteiger charge is 2.15. The van der Waals surface area contributed by atoms with Gasteiger partial charge in [-0.05, 0) is 38.1 Å². The van der Waals surface area contributed by atoms with Crippen LogP contribution in [-0.2, 0) is 0 Å². The topological polar surface area (TPSA) is 75.1 Å². The highest BCUT2D eigenvalue weighted by molar-refractivity contribution is 6.30. The van der Waals surface area contributed by atoms with Crippen LogP contribution in [0, 0.1) is 0 Å². The molecule has 0 radical (unpaired) electrons. The summed E-state index contributed by atoms with van der Waals surface area (Å²) in [6, 6.07) is 7.12. The Balaban J connectivity index is 2.45. The Kier molecular flexibility index (Phi) is 4.20. The molecule has 1 heterocycles. The number of benzene rings is 1. The summed E-state index contributed by atoms with van der Waals surface area (Å²) < 4.78 is 0. The van der Waals surface area contributed by atoms with Gasteiger partial charge in [0.25, 0.3) is 0 Å². The zero-order chi connectivity index (χ0) is 14.7. The molecule has 0 atom stereocenters. The number of nitrogens with one attached hydrogen (secondary N) is 1. The number of halogens is 1. The molecule has 0 bridgehead atoms. The molecule has 0 fully saturated rings. The molecule has 0 amide bonds. The van der Waals surface area contributed by atoms with Crippen LogP contribution in [0.2, 0.25) is 5.02 Å². The van der Waals surface area contributed by atoms with E-state index in [0.29, 0.717) is 16.7 Å². The predicted octanol–water partition coefficient (Wildman–Crippen LogP) is 3.32. The molecule has 0 aliphatic rings. The largest absolute Gasteiger partial charge is 0.477 e. The van der Waals surface area contributed by atoms with Crippen molar-refractivity contribution in [3.05, 3.63) is 41.0 Å². The Morgan fingerprint density at radius 1 is 1.30 bits per heavy atom. The van der Waals surface area contributed by atoms with E-state index in [0.717, 1.165) is 5.56 Å². The molecular formula is C14H14ClN3O2. The predicted molar refractivity (Wildman–Crippen MR) is 78.2 cm³/mol. The van der Waals surface area contributed by atoms with Gasteiger partial charge in [0.05, 0.1) is 0 Å². The number of carbonyl (C=O) groups is 1. The minimum atomic E-state index is -1.06. The standard InChI is InChI=1S/C14H14ClN3O2/c1-8(2)17-13-11(14(19)20)7-16-12(18-13)9-3-5-10(15)6-4-9/h3-8H,1-2H3,(H,19,20)(H,16,17,18). The molecule has 2 rings (SSSR count). The zero-order valence-corrected chi connectivity index (χ0v) is 11.8. The average Bonchev–Trinajstić information content (AvgIpc) is 2.38. The number of carboxylic acids is 1. The van der Waals surface area contributed by atoms with Crippen LogP contribution in [0.5, 0.6) is 0 Å². The van der Waals surface area contributed by atoms with Gasteiger partial charge in [-0.1, -0.05) is 11.6 Å². The summed E-state index contributed by atoms with van der Waals surface area (Å²) in [5.41, 5.74) is 0.828. The second-order valence-corrected chi connectivity index (χ2v) is 5.00. The molecule has 6 heteroatoms. The van der Waals surface area contributed by atoms with E-state index >= 15 is 0 Å². The summed E-state index contributed by atoms with van der Waals surface area (Å²) in [5.74, 6) is -0.293. The van der Waals surface area contributed by atoms with Crippen molar-refractivity contribution < 1.29 is 9.90 Å². The maximum Gasteiger partial charge on any atom is 0.341 e. The number of carboxylic acid groups (broad SMARTS) is 1. The first-order chi connectivity index (χ1) is 9.47.